The zero-order valence-corrected chi connectivity index (χ0v) is 52.4. The van der Waals surface area contributed by atoms with Crippen LogP contribution in [-0.2, 0) is 38.7 Å². The third-order valence-corrected chi connectivity index (χ3v) is 35.0. The molecule has 15 heteroatoms. The van der Waals surface area contributed by atoms with E-state index in [0.29, 0.717) is 30.6 Å². The summed E-state index contributed by atoms with van der Waals surface area (Å²) in [4.78, 5) is 27.0. The Hall–Kier alpha value is -1.32. The number of methoxy groups -OCH3 is 1. The largest absolute Gasteiger partial charge is 0.543 e. The van der Waals surface area contributed by atoms with Crippen LogP contribution in [0.2, 0.25) is 92.2 Å². The molecular weight excluding hydrogens is 913 g/mol. The predicted octanol–water partition coefficient (Wildman–Crippen LogP) is 14.8. The van der Waals surface area contributed by atoms with Crippen LogP contribution in [-0.4, -0.2) is 91.3 Å². The van der Waals surface area contributed by atoms with Crippen LogP contribution in [0.3, 0.4) is 0 Å². The van der Waals surface area contributed by atoms with Gasteiger partial charge in [-0.3, -0.25) is 4.79 Å². The van der Waals surface area contributed by atoms with E-state index in [9.17, 15) is 9.59 Å². The first-order valence-corrected chi connectivity index (χ1v) is 39.7. The minimum Gasteiger partial charge on any atom is -0.543 e. The van der Waals surface area contributed by atoms with Crippen molar-refractivity contribution >= 4 is 53.5 Å². The Morgan fingerprint density at radius 2 is 1.23 bits per heavy atom. The van der Waals surface area contributed by atoms with E-state index >= 15 is 0 Å². The molecule has 10 nitrogen and oxygen atoms in total. The molecule has 1 saturated heterocycles. The summed E-state index contributed by atoms with van der Waals surface area (Å²) in [7, 11) is -10.2. The third kappa shape index (κ3) is 15.1. The van der Waals surface area contributed by atoms with Crippen molar-refractivity contribution in [2.75, 3.05) is 7.11 Å². The maximum absolute atomic E-state index is 14.4. The molecule has 1 aromatic carbocycles. The maximum atomic E-state index is 14.4. The van der Waals surface area contributed by atoms with Crippen molar-refractivity contribution in [2.24, 2.45) is 11.3 Å². The van der Waals surface area contributed by atoms with E-state index in [1.54, 1.807) is 0 Å². The second-order valence-electron chi connectivity index (χ2n) is 25.6. The number of ether oxygens (including phenoxy) is 3. The van der Waals surface area contributed by atoms with E-state index in [4.69, 9.17) is 36.3 Å². The molecule has 1 unspecified atom stereocenters. The minimum atomic E-state index is -2.49. The van der Waals surface area contributed by atoms with Crippen LogP contribution in [0.4, 0.5) is 0 Å². The van der Waals surface area contributed by atoms with Crippen LogP contribution >= 0.6 is 0 Å². The number of carbonyl (C=O) groups is 2. The number of carbonyl (C=O) groups excluding carboxylic acids is 2. The lowest BCUT2D eigenvalue weighted by molar-refractivity contribution is -0.253. The van der Waals surface area contributed by atoms with E-state index in [0.717, 1.165) is 35.0 Å². The van der Waals surface area contributed by atoms with Crippen LogP contribution < -0.4 is 8.85 Å². The van der Waals surface area contributed by atoms with E-state index < -0.39 is 65.4 Å². The van der Waals surface area contributed by atoms with Gasteiger partial charge in [-0.1, -0.05) is 104 Å². The summed E-state index contributed by atoms with van der Waals surface area (Å²) in [6.07, 6.45) is -0.604. The van der Waals surface area contributed by atoms with Gasteiger partial charge in [0, 0.05) is 30.7 Å². The molecule has 1 heterocycles. The van der Waals surface area contributed by atoms with Crippen LogP contribution in [0, 0.1) is 18.3 Å². The van der Waals surface area contributed by atoms with Gasteiger partial charge in [0.15, 0.2) is 25.0 Å². The lowest BCUT2D eigenvalue weighted by Crippen LogP contribution is -2.57. The molecule has 0 amide bonds. The van der Waals surface area contributed by atoms with Crippen molar-refractivity contribution < 1.29 is 45.9 Å². The lowest BCUT2D eigenvalue weighted by atomic mass is 9.74. The van der Waals surface area contributed by atoms with Crippen molar-refractivity contribution in [1.82, 2.24) is 0 Å². The molecular formula is C51H100O10Si5. The van der Waals surface area contributed by atoms with Gasteiger partial charge >= 0.3 is 11.9 Å². The smallest absolute Gasteiger partial charge is 0.341 e. The topological polar surface area (TPSA) is 108 Å². The molecule has 0 aliphatic carbocycles. The second kappa shape index (κ2) is 22.0. The summed E-state index contributed by atoms with van der Waals surface area (Å²) in [5.74, 6) is 0.232. The molecule has 0 radical (unpaired) electrons. The Kier molecular flexibility index (Phi) is 20.3. The van der Waals surface area contributed by atoms with Gasteiger partial charge in [-0.15, -0.1) is 0 Å². The van der Waals surface area contributed by atoms with Gasteiger partial charge in [0.1, 0.15) is 17.1 Å². The number of esters is 2. The van der Waals surface area contributed by atoms with Crippen molar-refractivity contribution in [3.05, 3.63) is 22.8 Å². The summed E-state index contributed by atoms with van der Waals surface area (Å²) in [5, 5.41) is -0.336. The normalized spacial score (nSPS) is 20.6. The fourth-order valence-electron chi connectivity index (χ4n) is 8.00. The molecule has 0 aromatic heterocycles. The zero-order valence-electron chi connectivity index (χ0n) is 47.4. The van der Waals surface area contributed by atoms with Gasteiger partial charge in [0.2, 0.25) is 14.6 Å². The molecule has 66 heavy (non-hydrogen) atoms. The highest BCUT2D eigenvalue weighted by atomic mass is 28.4. The highest BCUT2D eigenvalue weighted by molar-refractivity contribution is 6.76. The molecule has 0 saturated carbocycles. The van der Waals surface area contributed by atoms with Crippen LogP contribution in [0.15, 0.2) is 6.07 Å². The standard InChI is InChI=1S/C51H100O10Si5/c1-28-66(29-2,30-3)61-44-34-45(55-37(6)52)56-43(51(44,16)17)33-41(57-62(19,20)21)36(5)39(58-63(22,23)48(7,8)9)31-38-35(4)40(59-64(24,25)49(10,11)12)32-42(46(38)47(53)54-18)60-65(26,27)50(13,14)15/h32,36,39,41,43-45H,28-31,33-34H2,1-27H3/t36-,39+,41-,43+,44+,45?/m0/s1. The molecule has 0 N–H and O–H groups in total. The highest BCUT2D eigenvalue weighted by Gasteiger charge is 2.52. The number of rotatable bonds is 21. The summed E-state index contributed by atoms with van der Waals surface area (Å²) >= 11 is 0. The quantitative estimate of drug-likeness (QED) is 0.0872. The van der Waals surface area contributed by atoms with Crippen molar-refractivity contribution in [3.8, 4) is 11.5 Å². The van der Waals surface area contributed by atoms with Crippen LogP contribution in [0.25, 0.3) is 0 Å². The SMILES string of the molecule is CC[Si](CC)(CC)O[C@@H]1CC(OC(C)=O)O[C@H](C[C@H](O[Si](C)(C)C)[C@@H](C)[C@@H](Cc2c(C)c(O[Si](C)(C)C(C)(C)C)cc(O[Si](C)(C)C(C)(C)C)c2C(=O)OC)O[Si](C)(C)C(C)(C)C)C1(C)C. The molecule has 6 atom stereocenters. The fraction of sp³-hybridized carbons (Fsp3) is 0.843. The third-order valence-electron chi connectivity index (χ3n) is 16.2. The molecule has 1 aliphatic rings. The summed E-state index contributed by atoms with van der Waals surface area (Å²) < 4.78 is 55.1. The monoisotopic (exact) mass is 1010 g/mol. The fourth-order valence-corrected chi connectivity index (χ4v) is 15.7. The molecule has 2 rings (SSSR count). The molecule has 1 aliphatic heterocycles. The molecule has 1 fully saturated rings. The van der Waals surface area contributed by atoms with Crippen molar-refractivity contribution in [3.63, 3.8) is 0 Å². The summed E-state index contributed by atoms with van der Waals surface area (Å²) in [6.45, 7) is 57.3. The van der Waals surface area contributed by atoms with E-state index in [1.165, 1.54) is 14.0 Å². The first-order valence-electron chi connectivity index (χ1n) is 25.0. The summed E-state index contributed by atoms with van der Waals surface area (Å²) in [6, 6.07) is 5.00. The maximum Gasteiger partial charge on any atom is 0.341 e. The molecule has 0 spiro atoms. The number of hydrogen-bond acceptors (Lipinski definition) is 10. The Labute approximate surface area is 410 Å². The van der Waals surface area contributed by atoms with Crippen LogP contribution in [0.5, 0.6) is 11.5 Å². The van der Waals surface area contributed by atoms with E-state index in [1.807, 2.05) is 6.07 Å². The first kappa shape index (κ1) is 60.8. The average molecular weight is 1010 g/mol. The van der Waals surface area contributed by atoms with Gasteiger partial charge in [0.25, 0.3) is 8.32 Å². The minimum absolute atomic E-state index is 0.0776. The lowest BCUT2D eigenvalue weighted by Gasteiger charge is -2.51. The van der Waals surface area contributed by atoms with Gasteiger partial charge in [-0.05, 0) is 123 Å². The van der Waals surface area contributed by atoms with Crippen molar-refractivity contribution in [2.45, 2.75) is 260 Å². The first-order chi connectivity index (χ1) is 29.6. The van der Waals surface area contributed by atoms with Gasteiger partial charge in [0.05, 0.1) is 31.5 Å². The summed E-state index contributed by atoms with van der Waals surface area (Å²) in [5.41, 5.74) is 1.69. The van der Waals surface area contributed by atoms with Gasteiger partial charge in [-0.25, -0.2) is 4.79 Å². The number of hydrogen-bond donors (Lipinski definition) is 0. The number of benzene rings is 1. The Balaban J connectivity index is 3.09. The van der Waals surface area contributed by atoms with Gasteiger partial charge < -0.3 is 36.3 Å². The Morgan fingerprint density at radius 3 is 1.64 bits per heavy atom. The average Bonchev–Trinajstić information content (AvgIpc) is 3.13. The molecule has 384 valence electrons. The zero-order chi connectivity index (χ0) is 51.6. The second-order valence-corrected chi connectivity index (χ2v) is 49.0. The Bertz CT molecular complexity index is 1770. The molecule has 0 bridgehead atoms. The van der Waals surface area contributed by atoms with Crippen molar-refractivity contribution in [1.29, 1.82) is 0 Å². The highest BCUT2D eigenvalue weighted by Crippen LogP contribution is 2.48. The van der Waals surface area contributed by atoms with E-state index in [-0.39, 0.29) is 45.3 Å². The van der Waals surface area contributed by atoms with E-state index in [2.05, 4.69) is 170 Å². The molecule has 1 aromatic rings. The van der Waals surface area contributed by atoms with Crippen LogP contribution in [0.1, 0.15) is 145 Å². The van der Waals surface area contributed by atoms with Gasteiger partial charge in [-0.2, -0.15) is 0 Å². The predicted molar refractivity (Wildman–Crippen MR) is 287 cm³/mol. The Morgan fingerprint density at radius 1 is 0.758 bits per heavy atom.